The summed E-state index contributed by atoms with van der Waals surface area (Å²) in [4.78, 5) is 22.5. The molecule has 0 bridgehead atoms. The highest BCUT2D eigenvalue weighted by molar-refractivity contribution is 5.79. The maximum atomic E-state index is 12.0. The van der Waals surface area contributed by atoms with E-state index in [1.807, 2.05) is 0 Å². The Morgan fingerprint density at radius 3 is 2.24 bits per heavy atom. The average Bonchev–Trinajstić information content (AvgIpc) is 2.14. The first-order valence-electron chi connectivity index (χ1n) is 6.61. The Morgan fingerprint density at radius 2 is 1.71 bits per heavy atom. The zero-order chi connectivity index (χ0) is 12.7. The molecule has 0 aromatic rings. The van der Waals surface area contributed by atoms with Crippen LogP contribution in [0, 0.1) is 5.92 Å². The molecule has 1 aliphatic carbocycles. The Hall–Kier alpha value is -1.06. The molecule has 0 saturated heterocycles. The van der Waals surface area contributed by atoms with Crippen LogP contribution in [-0.4, -0.2) is 23.0 Å². The molecule has 1 unspecified atom stereocenters. The summed E-state index contributed by atoms with van der Waals surface area (Å²) in [6.45, 7) is 1.74. The molecule has 1 amide bonds. The third-order valence-electron chi connectivity index (χ3n) is 3.35. The molecule has 2 N–H and O–H groups in total. The number of carbonyl (C=O) groups is 2. The highest BCUT2D eigenvalue weighted by atomic mass is 16.4. The zero-order valence-electron chi connectivity index (χ0n) is 10.6. The van der Waals surface area contributed by atoms with Crippen molar-refractivity contribution in [2.24, 2.45) is 5.92 Å². The van der Waals surface area contributed by atoms with Gasteiger partial charge >= 0.3 is 5.97 Å². The van der Waals surface area contributed by atoms with Crippen molar-refractivity contribution in [3.8, 4) is 0 Å². The van der Waals surface area contributed by atoms with Gasteiger partial charge in [-0.3, -0.25) is 9.59 Å². The van der Waals surface area contributed by atoms with Crippen LogP contribution in [0.2, 0.25) is 0 Å². The number of hydrogen-bond donors (Lipinski definition) is 2. The van der Waals surface area contributed by atoms with Gasteiger partial charge in [0.1, 0.15) is 0 Å². The zero-order valence-corrected chi connectivity index (χ0v) is 10.6. The molecule has 98 valence electrons. The van der Waals surface area contributed by atoms with Gasteiger partial charge in [-0.25, -0.2) is 0 Å². The fourth-order valence-corrected chi connectivity index (χ4v) is 2.39. The van der Waals surface area contributed by atoms with E-state index in [0.717, 1.165) is 25.7 Å². The summed E-state index contributed by atoms with van der Waals surface area (Å²) < 4.78 is 0. The molecule has 4 nitrogen and oxygen atoms in total. The number of aliphatic carboxylic acids is 1. The molecule has 17 heavy (non-hydrogen) atoms. The molecule has 0 spiro atoms. The van der Waals surface area contributed by atoms with E-state index < -0.39 is 5.97 Å². The molecule has 1 saturated carbocycles. The summed E-state index contributed by atoms with van der Waals surface area (Å²) in [6.07, 6.45) is 7.85. The van der Waals surface area contributed by atoms with E-state index >= 15 is 0 Å². The first kappa shape index (κ1) is 14.0. The Morgan fingerprint density at radius 1 is 1.18 bits per heavy atom. The fraction of sp³-hybridized carbons (Fsp3) is 0.846. The van der Waals surface area contributed by atoms with Gasteiger partial charge in [0.05, 0.1) is 6.42 Å². The summed E-state index contributed by atoms with van der Waals surface area (Å²) >= 11 is 0. The Kier molecular flexibility index (Phi) is 6.01. The van der Waals surface area contributed by atoms with E-state index in [-0.39, 0.29) is 24.3 Å². The van der Waals surface area contributed by atoms with E-state index in [4.69, 9.17) is 5.11 Å². The number of carboxylic acid groups (broad SMARTS) is 1. The molecule has 1 fully saturated rings. The Bertz CT molecular complexity index is 257. The summed E-state index contributed by atoms with van der Waals surface area (Å²) in [5, 5.41) is 11.4. The normalized spacial score (nSPS) is 20.1. The number of hydrogen-bond acceptors (Lipinski definition) is 2. The molecular formula is C13H23NO3. The van der Waals surface area contributed by atoms with Crippen molar-refractivity contribution in [2.45, 2.75) is 64.3 Å². The number of carboxylic acids is 1. The minimum Gasteiger partial charge on any atom is -0.481 e. The minimum absolute atomic E-state index is 0.00153. The van der Waals surface area contributed by atoms with Gasteiger partial charge in [0.15, 0.2) is 0 Å². The summed E-state index contributed by atoms with van der Waals surface area (Å²) in [7, 11) is 0. The molecule has 0 aliphatic heterocycles. The van der Waals surface area contributed by atoms with Gasteiger partial charge in [-0.15, -0.1) is 0 Å². The summed E-state index contributed by atoms with van der Waals surface area (Å²) in [5.41, 5.74) is 0. The lowest BCUT2D eigenvalue weighted by molar-refractivity contribution is -0.137. The van der Waals surface area contributed by atoms with Gasteiger partial charge < -0.3 is 10.4 Å². The van der Waals surface area contributed by atoms with E-state index in [1.165, 1.54) is 19.3 Å². The van der Waals surface area contributed by atoms with E-state index in [1.54, 1.807) is 6.92 Å². The van der Waals surface area contributed by atoms with Crippen molar-refractivity contribution in [1.29, 1.82) is 0 Å². The summed E-state index contributed by atoms with van der Waals surface area (Å²) in [5.74, 6) is -0.734. The quantitative estimate of drug-likeness (QED) is 0.793. The Balaban J connectivity index is 2.36. The van der Waals surface area contributed by atoms with Gasteiger partial charge in [-0.05, 0) is 19.8 Å². The predicted molar refractivity (Wildman–Crippen MR) is 65.7 cm³/mol. The highest BCUT2D eigenvalue weighted by Gasteiger charge is 2.21. The minimum atomic E-state index is -0.865. The topological polar surface area (TPSA) is 66.4 Å². The van der Waals surface area contributed by atoms with Crippen molar-refractivity contribution >= 4 is 11.9 Å². The van der Waals surface area contributed by atoms with Crippen molar-refractivity contribution in [2.75, 3.05) is 0 Å². The van der Waals surface area contributed by atoms with Gasteiger partial charge in [-0.1, -0.05) is 32.1 Å². The molecule has 0 aromatic heterocycles. The Labute approximate surface area is 103 Å². The lowest BCUT2D eigenvalue weighted by atomic mass is 9.90. The molecule has 0 aromatic carbocycles. The van der Waals surface area contributed by atoms with Crippen molar-refractivity contribution < 1.29 is 14.7 Å². The van der Waals surface area contributed by atoms with Crippen LogP contribution < -0.4 is 5.32 Å². The van der Waals surface area contributed by atoms with Crippen LogP contribution in [0.1, 0.15) is 58.3 Å². The number of rotatable bonds is 4. The molecule has 0 heterocycles. The average molecular weight is 241 g/mol. The molecule has 1 rings (SSSR count). The second-order valence-corrected chi connectivity index (χ2v) is 5.05. The smallest absolute Gasteiger partial charge is 0.305 e. The van der Waals surface area contributed by atoms with Crippen molar-refractivity contribution in [3.05, 3.63) is 0 Å². The molecular weight excluding hydrogens is 218 g/mol. The summed E-state index contributed by atoms with van der Waals surface area (Å²) in [6, 6.07) is -0.273. The molecule has 1 aliphatic rings. The second kappa shape index (κ2) is 7.30. The third kappa shape index (κ3) is 5.71. The van der Waals surface area contributed by atoms with Crippen molar-refractivity contribution in [3.63, 3.8) is 0 Å². The van der Waals surface area contributed by atoms with Crippen LogP contribution in [0.15, 0.2) is 0 Å². The second-order valence-electron chi connectivity index (χ2n) is 5.05. The highest BCUT2D eigenvalue weighted by Crippen LogP contribution is 2.22. The van der Waals surface area contributed by atoms with Crippen molar-refractivity contribution in [1.82, 2.24) is 5.32 Å². The van der Waals surface area contributed by atoms with E-state index in [9.17, 15) is 9.59 Å². The molecule has 4 heteroatoms. The molecule has 1 atom stereocenters. The third-order valence-corrected chi connectivity index (χ3v) is 3.35. The lowest BCUT2D eigenvalue weighted by Crippen LogP contribution is -2.38. The van der Waals surface area contributed by atoms with Gasteiger partial charge in [0.2, 0.25) is 5.91 Å². The number of carbonyl (C=O) groups excluding carboxylic acids is 1. The van der Waals surface area contributed by atoms with Gasteiger partial charge in [0.25, 0.3) is 0 Å². The fourth-order valence-electron chi connectivity index (χ4n) is 2.39. The standard InChI is InChI=1S/C13H23NO3/c1-10(9-12(15)16)14-13(17)11-7-5-3-2-4-6-8-11/h10-11H,2-9H2,1H3,(H,14,17)(H,15,16). The van der Waals surface area contributed by atoms with Crippen LogP contribution in [-0.2, 0) is 9.59 Å². The van der Waals surface area contributed by atoms with Crippen LogP contribution >= 0.6 is 0 Å². The number of nitrogens with one attached hydrogen (secondary N) is 1. The lowest BCUT2D eigenvalue weighted by Gasteiger charge is -2.21. The van der Waals surface area contributed by atoms with Crippen LogP contribution in [0.25, 0.3) is 0 Å². The van der Waals surface area contributed by atoms with Gasteiger partial charge in [-0.2, -0.15) is 0 Å². The van der Waals surface area contributed by atoms with Crippen LogP contribution in [0.5, 0.6) is 0 Å². The first-order chi connectivity index (χ1) is 8.09. The maximum Gasteiger partial charge on any atom is 0.305 e. The number of amides is 1. The van der Waals surface area contributed by atoms with E-state index in [0.29, 0.717) is 0 Å². The van der Waals surface area contributed by atoms with Crippen LogP contribution in [0.3, 0.4) is 0 Å². The van der Waals surface area contributed by atoms with Crippen LogP contribution in [0.4, 0.5) is 0 Å². The molecule has 0 radical (unpaired) electrons. The van der Waals surface area contributed by atoms with E-state index in [2.05, 4.69) is 5.32 Å². The predicted octanol–water partition coefficient (Wildman–Crippen LogP) is 2.33. The first-order valence-corrected chi connectivity index (χ1v) is 6.61. The monoisotopic (exact) mass is 241 g/mol. The largest absolute Gasteiger partial charge is 0.481 e. The maximum absolute atomic E-state index is 12.0. The SMILES string of the molecule is CC(CC(=O)O)NC(=O)C1CCCCCCC1. The van der Waals surface area contributed by atoms with Gasteiger partial charge in [0, 0.05) is 12.0 Å².